The Morgan fingerprint density at radius 2 is 1.24 bits per heavy atom. The predicted molar refractivity (Wildman–Crippen MR) is 69.7 cm³/mol. The van der Waals surface area contributed by atoms with E-state index in [1.165, 1.54) is 11.1 Å². The Morgan fingerprint density at radius 1 is 0.824 bits per heavy atom. The van der Waals surface area contributed by atoms with Gasteiger partial charge < -0.3 is 4.55 Å². The standard InChI is InChI=1S/C15H14OS/c1-15(2)11-7-3-5-9-13(11)17(16)14-10-6-4-8-12(14)15/h3-10H,1-2H3. The van der Waals surface area contributed by atoms with Gasteiger partial charge >= 0.3 is 0 Å². The molecule has 0 radical (unpaired) electrons. The van der Waals surface area contributed by atoms with Gasteiger partial charge in [0.25, 0.3) is 0 Å². The fraction of sp³-hybridized carbons (Fsp3) is 0.200. The third-order valence-corrected chi connectivity index (χ3v) is 5.03. The zero-order valence-corrected chi connectivity index (χ0v) is 10.8. The van der Waals surface area contributed by atoms with Gasteiger partial charge in [-0.05, 0) is 12.1 Å². The van der Waals surface area contributed by atoms with Crippen LogP contribution in [0.4, 0.5) is 0 Å². The first-order valence-electron chi connectivity index (χ1n) is 5.73. The molecule has 0 fully saturated rings. The second-order valence-corrected chi connectivity index (χ2v) is 6.30. The lowest BCUT2D eigenvalue weighted by molar-refractivity contribution is 0.555. The summed E-state index contributed by atoms with van der Waals surface area (Å²) in [7, 11) is 0. The summed E-state index contributed by atoms with van der Waals surface area (Å²) in [4.78, 5) is 1.91. The molecule has 0 saturated carbocycles. The zero-order valence-electron chi connectivity index (χ0n) is 9.94. The summed E-state index contributed by atoms with van der Waals surface area (Å²) in [6.07, 6.45) is 0. The Balaban J connectivity index is 2.34. The van der Waals surface area contributed by atoms with Gasteiger partial charge in [0, 0.05) is 27.7 Å². The lowest BCUT2D eigenvalue weighted by Crippen LogP contribution is -2.29. The van der Waals surface area contributed by atoms with Crippen LogP contribution in [0.5, 0.6) is 0 Å². The minimum atomic E-state index is -1.04. The van der Waals surface area contributed by atoms with E-state index in [0.29, 0.717) is 0 Å². The van der Waals surface area contributed by atoms with Crippen molar-refractivity contribution in [3.63, 3.8) is 0 Å². The molecular formula is C15H14OS. The Hall–Kier alpha value is -1.25. The van der Waals surface area contributed by atoms with Crippen LogP contribution < -0.4 is 0 Å². The molecule has 0 atom stereocenters. The van der Waals surface area contributed by atoms with Crippen molar-refractivity contribution in [3.8, 4) is 0 Å². The average Bonchev–Trinajstić information content (AvgIpc) is 2.37. The minimum Gasteiger partial charge on any atom is -0.606 e. The molecule has 0 bridgehead atoms. The SMILES string of the molecule is CC1(C)c2ccccc2[S+]([O-])c2ccccc21. The second kappa shape index (κ2) is 3.62. The summed E-state index contributed by atoms with van der Waals surface area (Å²) in [5.41, 5.74) is 2.29. The maximum absolute atomic E-state index is 12.5. The Morgan fingerprint density at radius 3 is 1.71 bits per heavy atom. The van der Waals surface area contributed by atoms with Gasteiger partial charge in [-0.1, -0.05) is 50.2 Å². The van der Waals surface area contributed by atoms with Gasteiger partial charge in [-0.25, -0.2) is 0 Å². The van der Waals surface area contributed by atoms with Crippen molar-refractivity contribution in [1.29, 1.82) is 0 Å². The van der Waals surface area contributed by atoms with Crippen molar-refractivity contribution in [1.82, 2.24) is 0 Å². The van der Waals surface area contributed by atoms with Gasteiger partial charge in [-0.3, -0.25) is 0 Å². The van der Waals surface area contributed by atoms with E-state index in [1.54, 1.807) is 0 Å². The Labute approximate surface area is 105 Å². The zero-order chi connectivity index (χ0) is 12.0. The van der Waals surface area contributed by atoms with Crippen LogP contribution in [0.2, 0.25) is 0 Å². The minimum absolute atomic E-state index is 0.0684. The fourth-order valence-corrected chi connectivity index (χ4v) is 4.24. The van der Waals surface area contributed by atoms with Crippen LogP contribution >= 0.6 is 0 Å². The monoisotopic (exact) mass is 242 g/mol. The molecule has 3 rings (SSSR count). The van der Waals surface area contributed by atoms with Crippen LogP contribution in [0.15, 0.2) is 58.3 Å². The van der Waals surface area contributed by atoms with Gasteiger partial charge in [0.05, 0.1) is 0 Å². The van der Waals surface area contributed by atoms with Gasteiger partial charge in [-0.15, -0.1) is 0 Å². The summed E-state index contributed by atoms with van der Waals surface area (Å²) in [5, 5.41) is 0. The summed E-state index contributed by atoms with van der Waals surface area (Å²) in [5.74, 6) is 0. The van der Waals surface area contributed by atoms with Crippen LogP contribution in [-0.4, -0.2) is 4.55 Å². The van der Waals surface area contributed by atoms with Crippen molar-refractivity contribution >= 4 is 11.2 Å². The highest BCUT2D eigenvalue weighted by atomic mass is 32.2. The van der Waals surface area contributed by atoms with E-state index in [9.17, 15) is 4.55 Å². The van der Waals surface area contributed by atoms with Crippen molar-refractivity contribution < 1.29 is 4.55 Å². The Kier molecular flexibility index (Phi) is 2.32. The summed E-state index contributed by atoms with van der Waals surface area (Å²) in [6, 6.07) is 16.1. The second-order valence-electron chi connectivity index (χ2n) is 4.89. The maximum atomic E-state index is 12.5. The molecule has 0 amide bonds. The molecule has 2 aromatic carbocycles. The fourth-order valence-electron chi connectivity index (χ4n) is 2.55. The molecular weight excluding hydrogens is 228 g/mol. The first kappa shape index (κ1) is 10.9. The van der Waals surface area contributed by atoms with Gasteiger partial charge in [-0.2, -0.15) is 0 Å². The van der Waals surface area contributed by atoms with E-state index in [-0.39, 0.29) is 5.41 Å². The molecule has 0 N–H and O–H groups in total. The highest BCUT2D eigenvalue weighted by Crippen LogP contribution is 2.44. The van der Waals surface area contributed by atoms with E-state index in [0.717, 1.165) is 9.79 Å². The smallest absolute Gasteiger partial charge is 0.162 e. The van der Waals surface area contributed by atoms with Gasteiger partial charge in [0.2, 0.25) is 0 Å². The average molecular weight is 242 g/mol. The summed E-state index contributed by atoms with van der Waals surface area (Å²) in [6.45, 7) is 4.39. The molecule has 1 aliphatic heterocycles. The predicted octanol–water partition coefficient (Wildman–Crippen LogP) is 3.49. The van der Waals surface area contributed by atoms with Crippen LogP contribution in [0.3, 0.4) is 0 Å². The molecule has 86 valence electrons. The molecule has 0 unspecified atom stereocenters. The third kappa shape index (κ3) is 1.44. The van der Waals surface area contributed by atoms with E-state index in [2.05, 4.69) is 26.0 Å². The number of fused-ring (bicyclic) bond motifs is 2. The van der Waals surface area contributed by atoms with Crippen molar-refractivity contribution in [2.75, 3.05) is 0 Å². The first-order chi connectivity index (χ1) is 8.12. The quantitative estimate of drug-likeness (QED) is 0.648. The molecule has 1 aliphatic rings. The topological polar surface area (TPSA) is 23.1 Å². The largest absolute Gasteiger partial charge is 0.606 e. The van der Waals surface area contributed by atoms with Gasteiger partial charge in [0.15, 0.2) is 9.79 Å². The van der Waals surface area contributed by atoms with E-state index in [1.807, 2.05) is 36.4 Å². The van der Waals surface area contributed by atoms with Crippen LogP contribution in [0, 0.1) is 0 Å². The highest BCUT2D eigenvalue weighted by molar-refractivity contribution is 7.91. The number of benzene rings is 2. The van der Waals surface area contributed by atoms with Crippen molar-refractivity contribution in [3.05, 3.63) is 59.7 Å². The summed E-state index contributed by atoms with van der Waals surface area (Å²) < 4.78 is 12.5. The van der Waals surface area contributed by atoms with Gasteiger partial charge in [0.1, 0.15) is 0 Å². The molecule has 17 heavy (non-hydrogen) atoms. The molecule has 0 saturated heterocycles. The molecule has 2 aromatic rings. The van der Waals surface area contributed by atoms with E-state index in [4.69, 9.17) is 0 Å². The molecule has 0 spiro atoms. The maximum Gasteiger partial charge on any atom is 0.162 e. The molecule has 2 heteroatoms. The Bertz CT molecular complexity index is 525. The molecule has 1 heterocycles. The molecule has 0 aliphatic carbocycles. The van der Waals surface area contributed by atoms with Crippen LogP contribution in [0.1, 0.15) is 25.0 Å². The lowest BCUT2D eigenvalue weighted by Gasteiger charge is -2.34. The molecule has 1 nitrogen and oxygen atoms in total. The van der Waals surface area contributed by atoms with Crippen LogP contribution in [0.25, 0.3) is 0 Å². The number of rotatable bonds is 0. The number of hydrogen-bond acceptors (Lipinski definition) is 1. The molecule has 0 aromatic heterocycles. The third-order valence-electron chi connectivity index (χ3n) is 3.52. The highest BCUT2D eigenvalue weighted by Gasteiger charge is 2.39. The van der Waals surface area contributed by atoms with Crippen molar-refractivity contribution in [2.45, 2.75) is 29.1 Å². The van der Waals surface area contributed by atoms with E-state index >= 15 is 0 Å². The first-order valence-corrected chi connectivity index (χ1v) is 6.88. The normalized spacial score (nSPS) is 17.4. The van der Waals surface area contributed by atoms with Crippen LogP contribution in [-0.2, 0) is 16.6 Å². The van der Waals surface area contributed by atoms with E-state index < -0.39 is 11.2 Å². The number of hydrogen-bond donors (Lipinski definition) is 0. The lowest BCUT2D eigenvalue weighted by atomic mass is 9.78. The summed E-state index contributed by atoms with van der Waals surface area (Å²) >= 11 is -1.04. The van der Waals surface area contributed by atoms with Crippen molar-refractivity contribution in [2.24, 2.45) is 0 Å².